The molecule has 17 nitrogen and oxygen atoms in total. The van der Waals surface area contributed by atoms with E-state index in [0.717, 1.165) is 109 Å². The van der Waals surface area contributed by atoms with Crippen molar-refractivity contribution in [2.75, 3.05) is 39.6 Å². The fourth-order valence-electron chi connectivity index (χ4n) is 12.4. The summed E-state index contributed by atoms with van der Waals surface area (Å²) >= 11 is 0. The van der Waals surface area contributed by atoms with Gasteiger partial charge >= 0.3 is 39.5 Å². The van der Waals surface area contributed by atoms with Crippen LogP contribution in [0.15, 0.2) is 24.3 Å². The third-order valence-corrected chi connectivity index (χ3v) is 20.9. The lowest BCUT2D eigenvalue weighted by Crippen LogP contribution is -2.30. The molecule has 0 bridgehead atoms. The number of rotatable bonds is 82. The molecule has 0 saturated carbocycles. The van der Waals surface area contributed by atoms with E-state index >= 15 is 0 Å². The minimum Gasteiger partial charge on any atom is -0.462 e. The summed E-state index contributed by atoms with van der Waals surface area (Å²) in [5.41, 5.74) is 0. The van der Waals surface area contributed by atoms with Gasteiger partial charge in [0.1, 0.15) is 19.3 Å². The van der Waals surface area contributed by atoms with Gasteiger partial charge in [0.05, 0.1) is 26.4 Å². The minimum atomic E-state index is -4.97. The minimum absolute atomic E-state index is 0.0879. The monoisotopic (exact) mass is 1490 g/mol. The summed E-state index contributed by atoms with van der Waals surface area (Å²) in [5, 5.41) is 10.7. The first kappa shape index (κ1) is 99.5. The van der Waals surface area contributed by atoms with Crippen molar-refractivity contribution < 1.29 is 80.2 Å². The summed E-state index contributed by atoms with van der Waals surface area (Å²) in [4.78, 5) is 73.1. The highest BCUT2D eigenvalue weighted by molar-refractivity contribution is 7.47. The number of phosphoric acid groups is 2. The van der Waals surface area contributed by atoms with E-state index in [2.05, 4.69) is 52.0 Å². The molecule has 0 aromatic carbocycles. The maximum atomic E-state index is 13.1. The van der Waals surface area contributed by atoms with Crippen LogP contribution in [0.25, 0.3) is 0 Å². The number of phosphoric ester groups is 2. The van der Waals surface area contributed by atoms with Gasteiger partial charge in [-0.05, 0) is 57.8 Å². The lowest BCUT2D eigenvalue weighted by atomic mass is 10.0. The molecule has 0 aromatic rings. The highest BCUT2D eigenvalue weighted by atomic mass is 31.2. The summed E-state index contributed by atoms with van der Waals surface area (Å²) in [7, 11) is -9.93. The second kappa shape index (κ2) is 76.7. The van der Waals surface area contributed by atoms with Crippen molar-refractivity contribution in [3.05, 3.63) is 24.3 Å². The van der Waals surface area contributed by atoms with Gasteiger partial charge in [0.2, 0.25) is 0 Å². The Hall–Kier alpha value is -2.46. The number of allylic oxidation sites excluding steroid dienone is 4. The second-order valence-corrected chi connectivity index (χ2v) is 32.1. The molecule has 602 valence electrons. The Morgan fingerprint density at radius 1 is 0.275 bits per heavy atom. The number of hydrogen-bond acceptors (Lipinski definition) is 15. The summed E-state index contributed by atoms with van der Waals surface area (Å²) < 4.78 is 68.8. The van der Waals surface area contributed by atoms with Crippen molar-refractivity contribution in [2.45, 2.75) is 444 Å². The number of unbranched alkanes of at least 4 members (excludes halogenated alkanes) is 52. The van der Waals surface area contributed by atoms with Crippen LogP contribution in [-0.4, -0.2) is 96.7 Å². The van der Waals surface area contributed by atoms with Gasteiger partial charge < -0.3 is 33.8 Å². The lowest BCUT2D eigenvalue weighted by molar-refractivity contribution is -0.161. The molecule has 3 N–H and O–H groups in total. The van der Waals surface area contributed by atoms with E-state index in [1.165, 1.54) is 238 Å². The van der Waals surface area contributed by atoms with Crippen molar-refractivity contribution in [1.29, 1.82) is 0 Å². The third kappa shape index (κ3) is 75.8. The van der Waals surface area contributed by atoms with Crippen LogP contribution in [0.1, 0.15) is 426 Å². The number of esters is 4. The topological polar surface area (TPSA) is 237 Å². The van der Waals surface area contributed by atoms with Crippen LogP contribution in [-0.2, 0) is 65.4 Å². The molecule has 0 aliphatic heterocycles. The maximum Gasteiger partial charge on any atom is 0.472 e. The molecule has 0 spiro atoms. The van der Waals surface area contributed by atoms with Crippen LogP contribution in [0, 0.1) is 0 Å². The molecule has 5 atom stereocenters. The molecule has 0 fully saturated rings. The molecule has 19 heteroatoms. The SMILES string of the molecule is CCCCC/C=C\C/C=C\CCCCCCCC(=O)O[C@H](COC(=O)CCCCCCCCCCCCCCCCCCC)COP(=O)(O)OC[C@H](O)COP(=O)(O)OC[C@@H](COC(=O)CCCCCCCCCCCCCCCCC)OC(=O)CCCCCCCCCCCCCCCCC. The van der Waals surface area contributed by atoms with E-state index in [9.17, 15) is 43.2 Å². The normalized spacial score (nSPS) is 13.9. The van der Waals surface area contributed by atoms with E-state index < -0.39 is 97.5 Å². The van der Waals surface area contributed by atoms with Gasteiger partial charge in [0.25, 0.3) is 0 Å². The number of ether oxygens (including phenoxy) is 4. The lowest BCUT2D eigenvalue weighted by Gasteiger charge is -2.21. The molecule has 0 amide bonds. The van der Waals surface area contributed by atoms with Gasteiger partial charge in [0.15, 0.2) is 12.2 Å². The van der Waals surface area contributed by atoms with Gasteiger partial charge in [-0.1, -0.05) is 367 Å². The Kier molecular flexibility index (Phi) is 74.9. The Bertz CT molecular complexity index is 2020. The van der Waals surface area contributed by atoms with E-state index in [0.29, 0.717) is 25.7 Å². The number of carbonyl (C=O) groups excluding carboxylic acids is 4. The van der Waals surface area contributed by atoms with Crippen molar-refractivity contribution >= 4 is 39.5 Å². The summed E-state index contributed by atoms with van der Waals surface area (Å²) in [6, 6.07) is 0. The van der Waals surface area contributed by atoms with Crippen molar-refractivity contribution in [2.24, 2.45) is 0 Å². The van der Waals surface area contributed by atoms with Gasteiger partial charge in [-0.25, -0.2) is 9.13 Å². The van der Waals surface area contributed by atoms with Crippen LogP contribution in [0.2, 0.25) is 0 Å². The first-order valence-electron chi connectivity index (χ1n) is 42.6. The standard InChI is InChI=1S/C83H158O17P2/c1-5-9-13-17-21-25-29-33-37-38-42-44-48-52-56-60-64-68-81(86)94-74-79(100-83(88)70-66-62-58-54-50-46-41-36-32-28-24-20-16-12-8-4)76-98-102(91,92)96-72-77(84)71-95-101(89,90)97-75-78(99-82(87)69-65-61-57-53-49-45-40-35-31-27-23-19-15-11-7-3)73-93-80(85)67-63-59-55-51-47-43-39-34-30-26-22-18-14-10-6-2/h24,28,36,41,77-79,84H,5-23,25-27,29-35,37-40,42-76H2,1-4H3,(H,89,90)(H,91,92)/b28-24-,41-36-/t77-,78-,79-/m1/s1. The van der Waals surface area contributed by atoms with E-state index in [1.54, 1.807) is 0 Å². The van der Waals surface area contributed by atoms with Crippen LogP contribution < -0.4 is 0 Å². The average molecular weight is 1490 g/mol. The van der Waals surface area contributed by atoms with Gasteiger partial charge in [-0.2, -0.15) is 0 Å². The molecule has 0 saturated heterocycles. The summed E-state index contributed by atoms with van der Waals surface area (Å²) in [5.74, 6) is -2.13. The van der Waals surface area contributed by atoms with Crippen molar-refractivity contribution in [3.8, 4) is 0 Å². The molecule has 0 rings (SSSR count). The second-order valence-electron chi connectivity index (χ2n) is 29.2. The van der Waals surface area contributed by atoms with Gasteiger partial charge in [0, 0.05) is 25.7 Å². The van der Waals surface area contributed by atoms with Crippen molar-refractivity contribution in [3.63, 3.8) is 0 Å². The fourth-order valence-corrected chi connectivity index (χ4v) is 14.0. The molecule has 0 radical (unpaired) electrons. The average Bonchev–Trinajstić information content (AvgIpc) is 0.919. The van der Waals surface area contributed by atoms with Crippen LogP contribution in [0.5, 0.6) is 0 Å². The zero-order valence-corrected chi connectivity index (χ0v) is 67.9. The number of aliphatic hydroxyl groups is 1. The molecule has 2 unspecified atom stereocenters. The van der Waals surface area contributed by atoms with Crippen LogP contribution >= 0.6 is 15.6 Å². The third-order valence-electron chi connectivity index (χ3n) is 18.9. The molecule has 0 aliphatic carbocycles. The highest BCUT2D eigenvalue weighted by Gasteiger charge is 2.30. The van der Waals surface area contributed by atoms with E-state index in [-0.39, 0.29) is 25.7 Å². The Morgan fingerprint density at radius 2 is 0.480 bits per heavy atom. The van der Waals surface area contributed by atoms with Crippen LogP contribution in [0.4, 0.5) is 0 Å². The van der Waals surface area contributed by atoms with E-state index in [4.69, 9.17) is 37.0 Å². The summed E-state index contributed by atoms with van der Waals surface area (Å²) in [6.45, 7) is 4.98. The van der Waals surface area contributed by atoms with Crippen LogP contribution in [0.3, 0.4) is 0 Å². The quantitative estimate of drug-likeness (QED) is 0.0169. The first-order valence-corrected chi connectivity index (χ1v) is 45.6. The Labute approximate surface area is 624 Å². The van der Waals surface area contributed by atoms with Crippen molar-refractivity contribution in [1.82, 2.24) is 0 Å². The number of hydrogen-bond donors (Lipinski definition) is 3. The molecule has 102 heavy (non-hydrogen) atoms. The Balaban J connectivity index is 5.29. The summed E-state index contributed by atoms with van der Waals surface area (Å²) in [6.07, 6.45) is 72.8. The van der Waals surface area contributed by atoms with Gasteiger partial charge in [-0.3, -0.25) is 37.3 Å². The number of aliphatic hydroxyl groups excluding tert-OH is 1. The Morgan fingerprint density at radius 3 is 0.745 bits per heavy atom. The number of carbonyl (C=O) groups is 4. The molecule has 0 aliphatic rings. The predicted octanol–water partition coefficient (Wildman–Crippen LogP) is 24.9. The maximum absolute atomic E-state index is 13.1. The first-order chi connectivity index (χ1) is 49.7. The molecular formula is C83H158O17P2. The smallest absolute Gasteiger partial charge is 0.462 e. The van der Waals surface area contributed by atoms with E-state index in [1.807, 2.05) is 0 Å². The molecular weight excluding hydrogens is 1330 g/mol. The largest absolute Gasteiger partial charge is 0.472 e. The van der Waals surface area contributed by atoms with Gasteiger partial charge in [-0.15, -0.1) is 0 Å². The predicted molar refractivity (Wildman–Crippen MR) is 418 cm³/mol. The zero-order chi connectivity index (χ0) is 74.6. The molecule has 0 aromatic heterocycles. The highest BCUT2D eigenvalue weighted by Crippen LogP contribution is 2.45. The fraction of sp³-hybridized carbons (Fsp3) is 0.904. The molecule has 0 heterocycles. The zero-order valence-electron chi connectivity index (χ0n) is 66.1.